The molecule has 3 N–H and O–H groups in total. The van der Waals surface area contributed by atoms with Crippen LogP contribution in [0.2, 0.25) is 0 Å². The first kappa shape index (κ1) is 15.3. The van der Waals surface area contributed by atoms with Gasteiger partial charge >= 0.3 is 0 Å². The number of pyridine rings is 1. The predicted octanol–water partition coefficient (Wildman–Crippen LogP) is 3.37. The van der Waals surface area contributed by atoms with Crippen molar-refractivity contribution < 1.29 is 4.79 Å². The third-order valence-corrected chi connectivity index (χ3v) is 3.81. The topological polar surface area (TPSA) is 68.0 Å². The fourth-order valence-corrected chi connectivity index (χ4v) is 2.45. The van der Waals surface area contributed by atoms with Gasteiger partial charge in [0.15, 0.2) is 0 Å². The van der Waals surface area contributed by atoms with E-state index in [0.717, 1.165) is 23.7 Å². The van der Waals surface area contributed by atoms with Crippen molar-refractivity contribution in [1.82, 2.24) is 10.3 Å². The predicted molar refractivity (Wildman–Crippen MR) is 87.2 cm³/mol. The van der Waals surface area contributed by atoms with Crippen LogP contribution in [0.1, 0.15) is 44.1 Å². The second kappa shape index (κ2) is 6.57. The van der Waals surface area contributed by atoms with E-state index >= 15 is 0 Å². The number of benzene rings is 1. The van der Waals surface area contributed by atoms with Crippen molar-refractivity contribution in [3.8, 4) is 0 Å². The Morgan fingerprint density at radius 3 is 2.76 bits per heavy atom. The van der Waals surface area contributed by atoms with Gasteiger partial charge in [0.05, 0.1) is 5.52 Å². The Kier molecular flexibility index (Phi) is 4.78. The fourth-order valence-electron chi connectivity index (χ4n) is 2.45. The number of rotatable bonds is 5. The fraction of sp³-hybridized carbons (Fsp3) is 0.412. The number of carbonyl (C=O) groups excluding carboxylic acids is 1. The number of fused-ring (bicyclic) bond motifs is 1. The summed E-state index contributed by atoms with van der Waals surface area (Å²) < 4.78 is 0. The van der Waals surface area contributed by atoms with Crippen LogP contribution < -0.4 is 11.1 Å². The van der Waals surface area contributed by atoms with Crippen LogP contribution in [-0.4, -0.2) is 16.9 Å². The van der Waals surface area contributed by atoms with Gasteiger partial charge in [-0.15, -0.1) is 0 Å². The summed E-state index contributed by atoms with van der Waals surface area (Å²) in [4.78, 5) is 16.7. The van der Waals surface area contributed by atoms with E-state index in [1.54, 1.807) is 6.07 Å². The maximum atomic E-state index is 12.3. The maximum absolute atomic E-state index is 12.3. The van der Waals surface area contributed by atoms with Crippen molar-refractivity contribution in [3.63, 3.8) is 0 Å². The lowest BCUT2D eigenvalue weighted by Crippen LogP contribution is -2.34. The maximum Gasteiger partial charge on any atom is 0.270 e. The van der Waals surface area contributed by atoms with Gasteiger partial charge in [0.2, 0.25) is 0 Å². The molecule has 0 spiro atoms. The number of nitrogens with one attached hydrogen (secondary N) is 1. The van der Waals surface area contributed by atoms with E-state index in [4.69, 9.17) is 5.73 Å². The summed E-state index contributed by atoms with van der Waals surface area (Å²) in [6, 6.07) is 9.35. The highest BCUT2D eigenvalue weighted by atomic mass is 16.1. The summed E-state index contributed by atoms with van der Waals surface area (Å²) in [6.45, 7) is 6.37. The number of nitrogens with two attached hydrogens (primary N) is 1. The zero-order valence-electron chi connectivity index (χ0n) is 12.9. The Hall–Kier alpha value is -2.10. The van der Waals surface area contributed by atoms with Crippen LogP contribution in [0.4, 0.5) is 5.69 Å². The molecule has 4 heteroatoms. The third kappa shape index (κ3) is 3.72. The zero-order valence-corrected chi connectivity index (χ0v) is 12.9. The summed E-state index contributed by atoms with van der Waals surface area (Å²) in [5.74, 6) is 0.429. The first-order valence-electron chi connectivity index (χ1n) is 7.47. The molecule has 1 aromatic heterocycles. The number of hydrogen-bond acceptors (Lipinski definition) is 3. The van der Waals surface area contributed by atoms with Gasteiger partial charge in [0.1, 0.15) is 5.69 Å². The molecule has 1 aromatic carbocycles. The lowest BCUT2D eigenvalue weighted by atomic mass is 10.0. The molecule has 4 nitrogen and oxygen atoms in total. The van der Waals surface area contributed by atoms with E-state index in [2.05, 4.69) is 24.1 Å². The zero-order chi connectivity index (χ0) is 15.4. The average Bonchev–Trinajstić information content (AvgIpc) is 2.46. The summed E-state index contributed by atoms with van der Waals surface area (Å²) in [5.41, 5.74) is 7.72. The Balaban J connectivity index is 2.16. The molecule has 0 saturated carbocycles. The van der Waals surface area contributed by atoms with Gasteiger partial charge < -0.3 is 11.1 Å². The van der Waals surface area contributed by atoms with E-state index in [9.17, 15) is 4.79 Å². The molecular weight excluding hydrogens is 262 g/mol. The standard InChI is InChI=1S/C17H23N3O/c1-4-11(2)9-12(3)19-17(21)16-10-14(18)13-7-5-6-8-15(13)20-16/h5-8,10-12H,4,9H2,1-3H3,(H2,18,20)(H,19,21). The number of aromatic nitrogens is 1. The van der Waals surface area contributed by atoms with Crippen molar-refractivity contribution in [2.75, 3.05) is 5.73 Å². The minimum atomic E-state index is -0.164. The van der Waals surface area contributed by atoms with Crippen LogP contribution in [-0.2, 0) is 0 Å². The number of nitrogens with zero attached hydrogens (tertiary/aromatic N) is 1. The number of anilines is 1. The second-order valence-electron chi connectivity index (χ2n) is 5.74. The molecule has 2 atom stereocenters. The molecule has 0 saturated heterocycles. The average molecular weight is 285 g/mol. The van der Waals surface area contributed by atoms with Crippen molar-refractivity contribution in [2.45, 2.75) is 39.7 Å². The number of carbonyl (C=O) groups is 1. The lowest BCUT2D eigenvalue weighted by Gasteiger charge is -2.17. The van der Waals surface area contributed by atoms with Crippen LogP contribution >= 0.6 is 0 Å². The van der Waals surface area contributed by atoms with Gasteiger partial charge in [-0.3, -0.25) is 4.79 Å². The molecule has 0 fully saturated rings. The normalized spacial score (nSPS) is 13.9. The molecular formula is C17H23N3O. The van der Waals surface area contributed by atoms with Crippen LogP contribution in [0, 0.1) is 5.92 Å². The van der Waals surface area contributed by atoms with E-state index in [1.165, 1.54) is 0 Å². The number of hydrogen-bond donors (Lipinski definition) is 2. The van der Waals surface area contributed by atoms with Gasteiger partial charge in [-0.25, -0.2) is 4.98 Å². The van der Waals surface area contributed by atoms with Crippen LogP contribution in [0.3, 0.4) is 0 Å². The Bertz CT molecular complexity index is 639. The minimum absolute atomic E-state index is 0.127. The molecule has 112 valence electrons. The third-order valence-electron chi connectivity index (χ3n) is 3.81. The molecule has 1 amide bonds. The van der Waals surface area contributed by atoms with E-state index < -0.39 is 0 Å². The largest absolute Gasteiger partial charge is 0.398 e. The molecule has 2 unspecified atom stereocenters. The summed E-state index contributed by atoms with van der Waals surface area (Å²) in [7, 11) is 0. The van der Waals surface area contributed by atoms with Gasteiger partial charge in [-0.2, -0.15) is 0 Å². The number of para-hydroxylation sites is 1. The molecule has 21 heavy (non-hydrogen) atoms. The quantitative estimate of drug-likeness (QED) is 0.885. The van der Waals surface area contributed by atoms with Crippen LogP contribution in [0.25, 0.3) is 10.9 Å². The van der Waals surface area contributed by atoms with Gasteiger partial charge in [-0.1, -0.05) is 38.5 Å². The van der Waals surface area contributed by atoms with Crippen LogP contribution in [0.15, 0.2) is 30.3 Å². The Morgan fingerprint density at radius 2 is 2.05 bits per heavy atom. The second-order valence-corrected chi connectivity index (χ2v) is 5.74. The molecule has 2 aromatic rings. The van der Waals surface area contributed by atoms with Crippen LogP contribution in [0.5, 0.6) is 0 Å². The summed E-state index contributed by atoms with van der Waals surface area (Å²) in [6.07, 6.45) is 2.08. The summed E-state index contributed by atoms with van der Waals surface area (Å²) >= 11 is 0. The Labute approximate surface area is 125 Å². The highest BCUT2D eigenvalue weighted by molar-refractivity contribution is 5.99. The molecule has 0 radical (unpaired) electrons. The minimum Gasteiger partial charge on any atom is -0.398 e. The molecule has 0 aliphatic heterocycles. The van der Waals surface area contributed by atoms with E-state index in [-0.39, 0.29) is 11.9 Å². The lowest BCUT2D eigenvalue weighted by molar-refractivity contribution is 0.0930. The molecule has 0 aliphatic rings. The molecule has 0 aliphatic carbocycles. The SMILES string of the molecule is CCC(C)CC(C)NC(=O)c1cc(N)c2ccccc2n1. The van der Waals surface area contributed by atoms with Crippen molar-refractivity contribution in [1.29, 1.82) is 0 Å². The van der Waals surface area contributed by atoms with E-state index in [0.29, 0.717) is 17.3 Å². The summed E-state index contributed by atoms with van der Waals surface area (Å²) in [5, 5.41) is 3.87. The number of amides is 1. The molecule has 2 rings (SSSR count). The first-order chi connectivity index (χ1) is 10.0. The highest BCUT2D eigenvalue weighted by Gasteiger charge is 2.14. The molecule has 1 heterocycles. The monoisotopic (exact) mass is 285 g/mol. The van der Waals surface area contributed by atoms with Gasteiger partial charge in [-0.05, 0) is 31.4 Å². The van der Waals surface area contributed by atoms with Crippen molar-refractivity contribution >= 4 is 22.5 Å². The smallest absolute Gasteiger partial charge is 0.270 e. The number of nitrogen functional groups attached to an aromatic ring is 1. The Morgan fingerprint density at radius 1 is 1.33 bits per heavy atom. The highest BCUT2D eigenvalue weighted by Crippen LogP contribution is 2.20. The van der Waals surface area contributed by atoms with E-state index in [1.807, 2.05) is 31.2 Å². The van der Waals surface area contributed by atoms with Crippen molar-refractivity contribution in [3.05, 3.63) is 36.0 Å². The van der Waals surface area contributed by atoms with Crippen molar-refractivity contribution in [2.24, 2.45) is 5.92 Å². The van der Waals surface area contributed by atoms with Gasteiger partial charge in [0.25, 0.3) is 5.91 Å². The molecule has 0 bridgehead atoms. The van der Waals surface area contributed by atoms with Gasteiger partial charge in [0, 0.05) is 17.1 Å². The first-order valence-corrected chi connectivity index (χ1v) is 7.47.